The fourth-order valence-electron chi connectivity index (χ4n) is 7.45. The fourth-order valence-corrected chi connectivity index (χ4v) is 10.5. The predicted octanol–water partition coefficient (Wildman–Crippen LogP) is 11.1. The van der Waals surface area contributed by atoms with Gasteiger partial charge in [0.25, 0.3) is 0 Å². The van der Waals surface area contributed by atoms with Gasteiger partial charge in [0, 0.05) is 11.1 Å². The summed E-state index contributed by atoms with van der Waals surface area (Å²) in [6.45, 7) is 6.33. The van der Waals surface area contributed by atoms with E-state index >= 15 is 4.57 Å². The maximum atomic E-state index is 16.5. The van der Waals surface area contributed by atoms with Crippen LogP contribution in [0, 0.1) is 20.8 Å². The van der Waals surface area contributed by atoms with Crippen LogP contribution in [0.3, 0.4) is 0 Å². The number of aryl methyl sites for hydroxylation is 3. The topological polar surface area (TPSA) is 35.5 Å². The highest BCUT2D eigenvalue weighted by atomic mass is 31.2. The van der Waals surface area contributed by atoms with Crippen molar-refractivity contribution in [1.82, 2.24) is 0 Å². The van der Waals surface area contributed by atoms with Crippen molar-refractivity contribution < 1.29 is 14.0 Å². The Bertz CT molecular complexity index is 2510. The van der Waals surface area contributed by atoms with E-state index in [4.69, 9.17) is 9.47 Å². The van der Waals surface area contributed by atoms with Gasteiger partial charge in [-0.3, -0.25) is 0 Å². The van der Waals surface area contributed by atoms with Gasteiger partial charge < -0.3 is 14.0 Å². The molecule has 0 amide bonds. The first kappa shape index (κ1) is 29.5. The van der Waals surface area contributed by atoms with Gasteiger partial charge in [-0.15, -0.1) is 0 Å². The third kappa shape index (κ3) is 4.54. The molecule has 0 aromatic heterocycles. The minimum atomic E-state index is -3.52. The second-order valence-electron chi connectivity index (χ2n) is 13.0. The van der Waals surface area contributed by atoms with E-state index < -0.39 is 7.14 Å². The zero-order chi connectivity index (χ0) is 33.3. The van der Waals surface area contributed by atoms with Gasteiger partial charge in [-0.2, -0.15) is 0 Å². The quantitative estimate of drug-likeness (QED) is 0.178. The van der Waals surface area contributed by atoms with Crippen LogP contribution >= 0.6 is 7.14 Å². The number of hydrogen-bond donors (Lipinski definition) is 0. The Kier molecular flexibility index (Phi) is 6.76. The highest BCUT2D eigenvalue weighted by Gasteiger charge is 2.48. The lowest BCUT2D eigenvalue weighted by Gasteiger charge is -2.37. The molecule has 0 spiro atoms. The second kappa shape index (κ2) is 11.2. The van der Waals surface area contributed by atoms with Crippen LogP contribution in [-0.4, -0.2) is 0 Å². The molecule has 0 aliphatic carbocycles. The minimum absolute atomic E-state index is 0.594. The number of hydrogen-bond acceptors (Lipinski definition) is 3. The van der Waals surface area contributed by atoms with E-state index in [-0.39, 0.29) is 0 Å². The third-order valence-corrected chi connectivity index (χ3v) is 13.1. The molecule has 7 aromatic rings. The van der Waals surface area contributed by atoms with Crippen LogP contribution in [0.1, 0.15) is 16.7 Å². The standard InChI is InChI=1S/C45H33O3P/c1-28-13-7-10-18-34(28)33-22-24-42-40(26-33)48-44-38(36-20-12-9-15-30(36)3)27-37(35-19-11-8-14-29(35)2)43-45(44)49(42,46)41-23-21-32(25-39(41)47-43)31-16-5-4-6-17-31/h4-27H,1-3H3. The van der Waals surface area contributed by atoms with Crippen molar-refractivity contribution in [2.24, 2.45) is 0 Å². The normalized spacial score (nSPS) is 15.3. The first-order chi connectivity index (χ1) is 23.9. The Hall–Kier alpha value is -5.63. The number of rotatable bonds is 4. The van der Waals surface area contributed by atoms with Gasteiger partial charge in [-0.05, 0) is 101 Å². The van der Waals surface area contributed by atoms with Crippen LogP contribution in [0.15, 0.2) is 146 Å². The lowest BCUT2D eigenvalue weighted by molar-refractivity contribution is 0.464. The van der Waals surface area contributed by atoms with Crippen molar-refractivity contribution in [3.63, 3.8) is 0 Å². The number of fused-ring (bicyclic) bond motifs is 4. The molecule has 0 bridgehead atoms. The van der Waals surface area contributed by atoms with Crippen LogP contribution in [0.25, 0.3) is 44.5 Å². The lowest BCUT2D eigenvalue weighted by atomic mass is 9.92. The molecular weight excluding hydrogens is 619 g/mol. The summed E-state index contributed by atoms with van der Waals surface area (Å²) >= 11 is 0. The van der Waals surface area contributed by atoms with Gasteiger partial charge in [0.15, 0.2) is 7.14 Å². The summed E-state index contributed by atoms with van der Waals surface area (Å²) in [5.41, 5.74) is 11.5. The van der Waals surface area contributed by atoms with Gasteiger partial charge in [-0.25, -0.2) is 0 Å². The number of ether oxygens (including phenoxy) is 2. The Morgan fingerprint density at radius 1 is 0.408 bits per heavy atom. The minimum Gasteiger partial charge on any atom is -0.455 e. The first-order valence-electron chi connectivity index (χ1n) is 16.6. The molecule has 2 aliphatic rings. The largest absolute Gasteiger partial charge is 0.455 e. The Labute approximate surface area is 286 Å². The van der Waals surface area contributed by atoms with Crippen molar-refractivity contribution in [1.29, 1.82) is 0 Å². The summed E-state index contributed by atoms with van der Waals surface area (Å²) in [6.07, 6.45) is 0. The third-order valence-electron chi connectivity index (χ3n) is 9.98. The Morgan fingerprint density at radius 3 is 1.39 bits per heavy atom. The fraction of sp³-hybridized carbons (Fsp3) is 0.0667. The van der Waals surface area contributed by atoms with Crippen LogP contribution < -0.4 is 25.4 Å². The molecule has 3 nitrogen and oxygen atoms in total. The smallest absolute Gasteiger partial charge is 0.185 e. The molecule has 1 atom stereocenters. The second-order valence-corrected chi connectivity index (χ2v) is 15.6. The van der Waals surface area contributed by atoms with Gasteiger partial charge >= 0.3 is 0 Å². The van der Waals surface area contributed by atoms with Crippen LogP contribution in [0.2, 0.25) is 0 Å². The summed E-state index contributed by atoms with van der Waals surface area (Å²) in [5.74, 6) is 2.41. The molecule has 2 aliphatic heterocycles. The Morgan fingerprint density at radius 2 is 0.857 bits per heavy atom. The molecule has 2 heterocycles. The lowest BCUT2D eigenvalue weighted by Crippen LogP contribution is -2.35. The van der Waals surface area contributed by atoms with Crippen molar-refractivity contribution in [2.75, 3.05) is 0 Å². The average Bonchev–Trinajstić information content (AvgIpc) is 3.13. The highest BCUT2D eigenvalue weighted by molar-refractivity contribution is 7.86. The van der Waals surface area contributed by atoms with Crippen molar-refractivity contribution in [2.45, 2.75) is 20.8 Å². The van der Waals surface area contributed by atoms with E-state index in [2.05, 4.69) is 99.6 Å². The SMILES string of the molecule is Cc1ccccc1-c1ccc2c(c1)Oc1c(-c3ccccc3C)cc(-c3ccccc3C)c3c1P2(=O)c1ccc(-c2ccccc2)cc1O3. The molecule has 0 N–H and O–H groups in total. The molecule has 1 unspecified atom stereocenters. The Balaban J connectivity index is 1.39. The monoisotopic (exact) mass is 652 g/mol. The van der Waals surface area contributed by atoms with Crippen LogP contribution in [-0.2, 0) is 4.57 Å². The number of benzene rings is 7. The molecule has 0 radical (unpaired) electrons. The molecule has 9 rings (SSSR count). The summed E-state index contributed by atoms with van der Waals surface area (Å²) in [4.78, 5) is 0. The molecular formula is C45H33O3P. The van der Waals surface area contributed by atoms with Gasteiger partial charge in [0.05, 0.1) is 10.6 Å². The van der Waals surface area contributed by atoms with E-state index in [1.807, 2.05) is 66.7 Å². The molecule has 0 saturated carbocycles. The zero-order valence-electron chi connectivity index (χ0n) is 27.5. The van der Waals surface area contributed by atoms with Gasteiger partial charge in [0.2, 0.25) is 0 Å². The molecule has 0 saturated heterocycles. The zero-order valence-corrected chi connectivity index (χ0v) is 28.4. The average molecular weight is 653 g/mol. The van der Waals surface area contributed by atoms with Crippen molar-refractivity contribution in [3.05, 3.63) is 162 Å². The maximum absolute atomic E-state index is 16.5. The van der Waals surface area contributed by atoms with E-state index in [1.165, 1.54) is 5.56 Å². The first-order valence-corrected chi connectivity index (χ1v) is 18.3. The molecule has 49 heavy (non-hydrogen) atoms. The maximum Gasteiger partial charge on any atom is 0.185 e. The highest BCUT2D eigenvalue weighted by Crippen LogP contribution is 2.62. The van der Waals surface area contributed by atoms with Crippen molar-refractivity contribution in [3.8, 4) is 67.5 Å². The summed E-state index contributed by atoms with van der Waals surface area (Å²) in [7, 11) is -3.52. The van der Waals surface area contributed by atoms with E-state index in [0.717, 1.165) is 55.6 Å². The van der Waals surface area contributed by atoms with Gasteiger partial charge in [0.1, 0.15) is 28.3 Å². The van der Waals surface area contributed by atoms with E-state index in [9.17, 15) is 0 Å². The van der Waals surface area contributed by atoms with Crippen LogP contribution in [0.4, 0.5) is 0 Å². The molecule has 7 aromatic carbocycles. The van der Waals surface area contributed by atoms with E-state index in [1.54, 1.807) is 0 Å². The summed E-state index contributed by atoms with van der Waals surface area (Å²) in [6, 6.07) is 49.6. The van der Waals surface area contributed by atoms with Crippen LogP contribution in [0.5, 0.6) is 23.0 Å². The van der Waals surface area contributed by atoms with Gasteiger partial charge in [-0.1, -0.05) is 115 Å². The summed E-state index contributed by atoms with van der Waals surface area (Å²) < 4.78 is 30.5. The predicted molar refractivity (Wildman–Crippen MR) is 202 cm³/mol. The van der Waals surface area contributed by atoms with Crippen molar-refractivity contribution >= 4 is 23.1 Å². The summed E-state index contributed by atoms with van der Waals surface area (Å²) in [5, 5.41) is 2.00. The molecule has 0 fully saturated rings. The molecule has 236 valence electrons. The molecule has 4 heteroatoms. The van der Waals surface area contributed by atoms with E-state index in [0.29, 0.717) is 38.9 Å².